The number of nitro groups is 1. The summed E-state index contributed by atoms with van der Waals surface area (Å²) in [5.74, 6) is 0.0742. The first kappa shape index (κ1) is 19.8. The summed E-state index contributed by atoms with van der Waals surface area (Å²) in [6.07, 6.45) is 4.01. The van der Waals surface area contributed by atoms with Gasteiger partial charge in [-0.2, -0.15) is 0 Å². The number of aryl methyl sites for hydroxylation is 1. The minimum Gasteiger partial charge on any atom is -0.379 e. The first-order valence-corrected chi connectivity index (χ1v) is 9.75. The highest BCUT2D eigenvalue weighted by atomic mass is 16.6. The molecule has 0 spiro atoms. The van der Waals surface area contributed by atoms with Crippen molar-refractivity contribution in [1.29, 1.82) is 0 Å². The van der Waals surface area contributed by atoms with E-state index in [1.165, 1.54) is 12.3 Å². The minimum atomic E-state index is -0.475. The summed E-state index contributed by atoms with van der Waals surface area (Å²) in [4.78, 5) is 27.8. The lowest BCUT2D eigenvalue weighted by molar-refractivity contribution is -0.384. The van der Waals surface area contributed by atoms with E-state index in [9.17, 15) is 14.9 Å². The second kappa shape index (κ2) is 8.46. The molecule has 4 rings (SSSR count). The van der Waals surface area contributed by atoms with E-state index in [1.54, 1.807) is 29.9 Å². The standard InChI is InChI=1S/C22H22N4O4/c1-25-11-10-23-22(25)20(27)16-7-8-18(19(13-16)26(28)29)24-14-17-9-12-30-21(17)15-5-3-2-4-6-15/h2-8,10-11,13,17,21,24H,9,12,14H2,1H3. The third kappa shape index (κ3) is 3.95. The van der Waals surface area contributed by atoms with Crippen molar-refractivity contribution < 1.29 is 14.5 Å². The van der Waals surface area contributed by atoms with Crippen LogP contribution in [0.1, 0.15) is 34.3 Å². The molecular weight excluding hydrogens is 384 g/mol. The first-order chi connectivity index (χ1) is 14.5. The molecule has 1 aliphatic heterocycles. The minimum absolute atomic E-state index is 0.0398. The maximum absolute atomic E-state index is 12.6. The van der Waals surface area contributed by atoms with Gasteiger partial charge >= 0.3 is 0 Å². The van der Waals surface area contributed by atoms with Gasteiger partial charge in [0, 0.05) is 50.1 Å². The predicted octanol–water partition coefficient (Wildman–Crippen LogP) is 3.75. The van der Waals surface area contributed by atoms with Gasteiger partial charge in [-0.3, -0.25) is 14.9 Å². The Labute approximate surface area is 173 Å². The summed E-state index contributed by atoms with van der Waals surface area (Å²) < 4.78 is 7.48. The average molecular weight is 406 g/mol. The Hall–Kier alpha value is -3.52. The average Bonchev–Trinajstić information content (AvgIpc) is 3.41. The molecule has 0 bridgehead atoms. The lowest BCUT2D eigenvalue weighted by Crippen LogP contribution is -2.18. The highest BCUT2D eigenvalue weighted by molar-refractivity contribution is 6.07. The van der Waals surface area contributed by atoms with Crippen LogP contribution in [0.4, 0.5) is 11.4 Å². The SMILES string of the molecule is Cn1ccnc1C(=O)c1ccc(NCC2CCOC2c2ccccc2)c([N+](=O)[O-])c1. The zero-order valence-corrected chi connectivity index (χ0v) is 16.5. The van der Waals surface area contributed by atoms with Crippen LogP contribution >= 0.6 is 0 Å². The van der Waals surface area contributed by atoms with E-state index >= 15 is 0 Å². The number of benzene rings is 2. The van der Waals surface area contributed by atoms with Gasteiger partial charge in [-0.1, -0.05) is 30.3 Å². The second-order valence-corrected chi connectivity index (χ2v) is 7.31. The van der Waals surface area contributed by atoms with Crippen LogP contribution in [0.2, 0.25) is 0 Å². The van der Waals surface area contributed by atoms with Crippen molar-refractivity contribution in [2.24, 2.45) is 13.0 Å². The molecule has 0 aliphatic carbocycles. The lowest BCUT2D eigenvalue weighted by Gasteiger charge is -2.20. The number of nitro benzene ring substituents is 1. The zero-order chi connectivity index (χ0) is 21.1. The monoisotopic (exact) mass is 406 g/mol. The van der Waals surface area contributed by atoms with Gasteiger partial charge in [0.25, 0.3) is 5.69 Å². The predicted molar refractivity (Wildman–Crippen MR) is 111 cm³/mol. The number of aromatic nitrogens is 2. The highest BCUT2D eigenvalue weighted by Crippen LogP contribution is 2.35. The number of rotatable bonds is 7. The number of nitrogens with one attached hydrogen (secondary N) is 1. The van der Waals surface area contributed by atoms with Gasteiger partial charge in [0.05, 0.1) is 11.0 Å². The third-order valence-electron chi connectivity index (χ3n) is 5.38. The van der Waals surface area contributed by atoms with Crippen molar-refractivity contribution in [3.63, 3.8) is 0 Å². The summed E-state index contributed by atoms with van der Waals surface area (Å²) in [5.41, 5.74) is 1.58. The fraction of sp³-hybridized carbons (Fsp3) is 0.273. The number of nitrogens with zero attached hydrogens (tertiary/aromatic N) is 3. The molecule has 1 aromatic heterocycles. The summed E-state index contributed by atoms with van der Waals surface area (Å²) in [5, 5.41) is 14.8. The molecule has 0 radical (unpaired) electrons. The molecule has 1 fully saturated rings. The molecule has 1 N–H and O–H groups in total. The molecule has 1 aliphatic rings. The highest BCUT2D eigenvalue weighted by Gasteiger charge is 2.30. The van der Waals surface area contributed by atoms with E-state index < -0.39 is 4.92 Å². The largest absolute Gasteiger partial charge is 0.379 e. The number of carbonyl (C=O) groups excluding carboxylic acids is 1. The summed E-state index contributed by atoms with van der Waals surface area (Å²) in [6.45, 7) is 1.19. The molecule has 2 aromatic carbocycles. The third-order valence-corrected chi connectivity index (χ3v) is 5.38. The van der Waals surface area contributed by atoms with Gasteiger partial charge < -0.3 is 14.6 Å². The van der Waals surface area contributed by atoms with E-state index in [2.05, 4.69) is 10.3 Å². The molecule has 0 saturated carbocycles. The Balaban J connectivity index is 1.52. The van der Waals surface area contributed by atoms with Crippen molar-refractivity contribution in [1.82, 2.24) is 9.55 Å². The van der Waals surface area contributed by atoms with Crippen molar-refractivity contribution in [2.75, 3.05) is 18.5 Å². The van der Waals surface area contributed by atoms with E-state index in [1.807, 2.05) is 30.3 Å². The number of ether oxygens (including phenoxy) is 1. The molecule has 30 heavy (non-hydrogen) atoms. The van der Waals surface area contributed by atoms with Crippen LogP contribution in [0, 0.1) is 16.0 Å². The smallest absolute Gasteiger partial charge is 0.293 e. The molecule has 154 valence electrons. The number of hydrogen-bond acceptors (Lipinski definition) is 6. The number of anilines is 1. The van der Waals surface area contributed by atoms with E-state index in [-0.39, 0.29) is 34.9 Å². The molecule has 2 atom stereocenters. The van der Waals surface area contributed by atoms with Crippen LogP contribution in [0.3, 0.4) is 0 Å². The van der Waals surface area contributed by atoms with Gasteiger partial charge in [0.15, 0.2) is 5.82 Å². The fourth-order valence-corrected chi connectivity index (χ4v) is 3.78. The molecule has 8 nitrogen and oxygen atoms in total. The molecule has 8 heteroatoms. The molecule has 2 unspecified atom stereocenters. The molecule has 0 amide bonds. The Morgan fingerprint density at radius 2 is 2.10 bits per heavy atom. The van der Waals surface area contributed by atoms with Gasteiger partial charge in [-0.05, 0) is 24.1 Å². The van der Waals surface area contributed by atoms with Crippen molar-refractivity contribution >= 4 is 17.2 Å². The van der Waals surface area contributed by atoms with Crippen LogP contribution in [-0.2, 0) is 11.8 Å². The zero-order valence-electron chi connectivity index (χ0n) is 16.5. The topological polar surface area (TPSA) is 99.3 Å². The first-order valence-electron chi connectivity index (χ1n) is 9.75. The molecule has 1 saturated heterocycles. The van der Waals surface area contributed by atoms with E-state index in [0.29, 0.717) is 18.8 Å². The van der Waals surface area contributed by atoms with Crippen LogP contribution < -0.4 is 5.32 Å². The van der Waals surface area contributed by atoms with Gasteiger partial charge in [-0.15, -0.1) is 0 Å². The van der Waals surface area contributed by atoms with Crippen LogP contribution in [-0.4, -0.2) is 33.4 Å². The van der Waals surface area contributed by atoms with Crippen molar-refractivity contribution in [3.05, 3.63) is 88.0 Å². The maximum atomic E-state index is 12.6. The Kier molecular flexibility index (Phi) is 5.58. The number of carbonyl (C=O) groups is 1. The second-order valence-electron chi connectivity index (χ2n) is 7.31. The van der Waals surface area contributed by atoms with Gasteiger partial charge in [0.2, 0.25) is 5.78 Å². The summed E-state index contributed by atoms with van der Waals surface area (Å²) >= 11 is 0. The quantitative estimate of drug-likeness (QED) is 0.364. The Morgan fingerprint density at radius 1 is 1.30 bits per heavy atom. The van der Waals surface area contributed by atoms with Crippen LogP contribution in [0.15, 0.2) is 60.9 Å². The van der Waals surface area contributed by atoms with Gasteiger partial charge in [0.1, 0.15) is 5.69 Å². The lowest BCUT2D eigenvalue weighted by atomic mass is 9.95. The number of hydrogen-bond donors (Lipinski definition) is 1. The Morgan fingerprint density at radius 3 is 2.80 bits per heavy atom. The van der Waals surface area contributed by atoms with Crippen molar-refractivity contribution in [3.8, 4) is 0 Å². The maximum Gasteiger partial charge on any atom is 0.293 e. The molecule has 3 aromatic rings. The Bertz CT molecular complexity index is 1060. The van der Waals surface area contributed by atoms with Gasteiger partial charge in [-0.25, -0.2) is 4.98 Å². The summed E-state index contributed by atoms with van der Waals surface area (Å²) in [6, 6.07) is 14.5. The fourth-order valence-electron chi connectivity index (χ4n) is 3.78. The van der Waals surface area contributed by atoms with Crippen molar-refractivity contribution in [2.45, 2.75) is 12.5 Å². The number of ketones is 1. The van der Waals surface area contributed by atoms with E-state index in [0.717, 1.165) is 12.0 Å². The van der Waals surface area contributed by atoms with E-state index in [4.69, 9.17) is 4.74 Å². The molecular formula is C22H22N4O4. The molecule has 2 heterocycles. The number of imidazole rings is 1. The normalized spacial score (nSPS) is 18.3. The van der Waals surface area contributed by atoms with Crippen LogP contribution in [0.25, 0.3) is 0 Å². The summed E-state index contributed by atoms with van der Waals surface area (Å²) in [7, 11) is 1.71. The van der Waals surface area contributed by atoms with Crippen LogP contribution in [0.5, 0.6) is 0 Å².